The quantitative estimate of drug-likeness (QED) is 0.793. The predicted octanol–water partition coefficient (Wildman–Crippen LogP) is 4.11. The van der Waals surface area contributed by atoms with Crippen molar-refractivity contribution in [3.63, 3.8) is 0 Å². The lowest BCUT2D eigenvalue weighted by atomic mass is 10.1. The maximum Gasteiger partial charge on any atom is 0.375 e. The van der Waals surface area contributed by atoms with E-state index < -0.39 is 12.1 Å². The van der Waals surface area contributed by atoms with Crippen molar-refractivity contribution in [2.75, 3.05) is 0 Å². The Morgan fingerprint density at radius 2 is 2.04 bits per heavy atom. The highest BCUT2D eigenvalue weighted by Gasteiger charge is 2.26. The first-order valence-corrected chi connectivity index (χ1v) is 8.95. The predicted molar refractivity (Wildman–Crippen MR) is 93.9 cm³/mol. The zero-order valence-electron chi connectivity index (χ0n) is 13.7. The van der Waals surface area contributed by atoms with Crippen LogP contribution in [0.1, 0.15) is 48.7 Å². The molecule has 1 amide bonds. The van der Waals surface area contributed by atoms with E-state index in [1.54, 1.807) is 19.9 Å². The van der Waals surface area contributed by atoms with Crippen LogP contribution in [0.2, 0.25) is 0 Å². The molecule has 0 bridgehead atoms. The number of esters is 1. The van der Waals surface area contributed by atoms with Gasteiger partial charge in [0.05, 0.1) is 0 Å². The monoisotopic (exact) mass is 393 g/mol. The molecule has 1 heterocycles. The first-order valence-electron chi connectivity index (χ1n) is 8.15. The van der Waals surface area contributed by atoms with Gasteiger partial charge >= 0.3 is 5.97 Å². The topological polar surface area (TPSA) is 68.5 Å². The molecule has 1 aliphatic rings. The highest BCUT2D eigenvalue weighted by molar-refractivity contribution is 9.10. The lowest BCUT2D eigenvalue weighted by Crippen LogP contribution is -2.40. The number of rotatable bonds is 4. The summed E-state index contributed by atoms with van der Waals surface area (Å²) in [7, 11) is 0. The first kappa shape index (κ1) is 17.0. The standard InChI is InChI=1S/C18H20BrNO4/c1-10-14-9-12(19)7-8-15(14)24-16(10)18(22)23-11(2)17(21)20-13-5-3-4-6-13/h7-9,11,13H,3-6H2,1-2H3,(H,20,21). The average Bonchev–Trinajstić information content (AvgIpc) is 3.16. The lowest BCUT2D eigenvalue weighted by molar-refractivity contribution is -0.129. The second-order valence-electron chi connectivity index (χ2n) is 6.23. The molecule has 6 heteroatoms. The molecule has 1 aromatic heterocycles. The molecule has 1 fully saturated rings. The molecule has 1 saturated carbocycles. The fourth-order valence-corrected chi connectivity index (χ4v) is 3.41. The molecular formula is C18H20BrNO4. The maximum atomic E-state index is 12.4. The van der Waals surface area contributed by atoms with E-state index in [-0.39, 0.29) is 17.7 Å². The van der Waals surface area contributed by atoms with Crippen LogP contribution in [-0.2, 0) is 9.53 Å². The third-order valence-electron chi connectivity index (χ3n) is 4.44. The van der Waals surface area contributed by atoms with Gasteiger partial charge in [-0.25, -0.2) is 4.79 Å². The fourth-order valence-electron chi connectivity index (χ4n) is 3.04. The molecule has 0 saturated heterocycles. The largest absolute Gasteiger partial charge is 0.449 e. The Bertz CT molecular complexity index is 777. The van der Waals surface area contributed by atoms with Crippen LogP contribution in [0.15, 0.2) is 27.1 Å². The van der Waals surface area contributed by atoms with Crippen LogP contribution in [0.25, 0.3) is 11.0 Å². The van der Waals surface area contributed by atoms with Gasteiger partial charge in [-0.05, 0) is 44.9 Å². The zero-order chi connectivity index (χ0) is 17.3. The molecule has 0 aliphatic heterocycles. The van der Waals surface area contributed by atoms with Crippen molar-refractivity contribution in [1.29, 1.82) is 0 Å². The van der Waals surface area contributed by atoms with Crippen molar-refractivity contribution >= 4 is 38.8 Å². The van der Waals surface area contributed by atoms with Gasteiger partial charge < -0.3 is 14.5 Å². The summed E-state index contributed by atoms with van der Waals surface area (Å²) in [6.45, 7) is 3.38. The Hall–Kier alpha value is -1.82. The third-order valence-corrected chi connectivity index (χ3v) is 4.93. The number of benzene rings is 1. The van der Waals surface area contributed by atoms with Gasteiger partial charge in [0.25, 0.3) is 5.91 Å². The molecule has 128 valence electrons. The van der Waals surface area contributed by atoms with Gasteiger partial charge in [0.1, 0.15) is 5.58 Å². The molecule has 5 nitrogen and oxygen atoms in total. The summed E-state index contributed by atoms with van der Waals surface area (Å²) in [5.41, 5.74) is 1.32. The number of aryl methyl sites for hydroxylation is 1. The van der Waals surface area contributed by atoms with E-state index >= 15 is 0 Å². The summed E-state index contributed by atoms with van der Waals surface area (Å²) in [5.74, 6) is -0.732. The Balaban J connectivity index is 1.70. The molecule has 1 unspecified atom stereocenters. The Morgan fingerprint density at radius 1 is 1.33 bits per heavy atom. The number of carbonyl (C=O) groups excluding carboxylic acids is 2. The summed E-state index contributed by atoms with van der Waals surface area (Å²) < 4.78 is 11.8. The molecule has 1 aliphatic carbocycles. The van der Waals surface area contributed by atoms with Gasteiger partial charge in [-0.1, -0.05) is 28.8 Å². The van der Waals surface area contributed by atoms with Crippen molar-refractivity contribution in [3.05, 3.63) is 34.0 Å². The van der Waals surface area contributed by atoms with Gasteiger partial charge in [0.2, 0.25) is 5.76 Å². The van der Waals surface area contributed by atoms with Crippen LogP contribution >= 0.6 is 15.9 Å². The van der Waals surface area contributed by atoms with Crippen LogP contribution in [-0.4, -0.2) is 24.0 Å². The zero-order valence-corrected chi connectivity index (χ0v) is 15.3. The first-order chi connectivity index (χ1) is 11.5. The third kappa shape index (κ3) is 3.48. The second kappa shape index (κ2) is 6.97. The van der Waals surface area contributed by atoms with Crippen LogP contribution < -0.4 is 5.32 Å². The highest BCUT2D eigenvalue weighted by atomic mass is 79.9. The number of fused-ring (bicyclic) bond motifs is 1. The van der Waals surface area contributed by atoms with E-state index in [0.717, 1.165) is 35.5 Å². The molecule has 3 rings (SSSR count). The molecule has 1 N–H and O–H groups in total. The van der Waals surface area contributed by atoms with Crippen molar-refractivity contribution in [1.82, 2.24) is 5.32 Å². The van der Waals surface area contributed by atoms with Gasteiger partial charge in [-0.15, -0.1) is 0 Å². The summed E-state index contributed by atoms with van der Waals surface area (Å²) >= 11 is 3.40. The highest BCUT2D eigenvalue weighted by Crippen LogP contribution is 2.28. The smallest absolute Gasteiger partial charge is 0.375 e. The SMILES string of the molecule is Cc1c(C(=O)OC(C)C(=O)NC2CCCC2)oc2ccc(Br)cc12. The molecule has 24 heavy (non-hydrogen) atoms. The van der Waals surface area contributed by atoms with E-state index in [0.29, 0.717) is 11.1 Å². The van der Waals surface area contributed by atoms with Gasteiger partial charge in [0.15, 0.2) is 6.10 Å². The van der Waals surface area contributed by atoms with Crippen molar-refractivity contribution in [2.24, 2.45) is 0 Å². The average molecular weight is 394 g/mol. The molecule has 1 atom stereocenters. The normalized spacial score (nSPS) is 16.3. The molecule has 1 aromatic carbocycles. The van der Waals surface area contributed by atoms with Crippen LogP contribution in [0.5, 0.6) is 0 Å². The number of halogens is 1. The van der Waals surface area contributed by atoms with Crippen molar-refractivity contribution in [3.8, 4) is 0 Å². The fraction of sp³-hybridized carbons (Fsp3) is 0.444. The summed E-state index contributed by atoms with van der Waals surface area (Å²) in [6, 6.07) is 5.72. The molecule has 0 spiro atoms. The minimum atomic E-state index is -0.850. The van der Waals surface area contributed by atoms with Gasteiger partial charge in [-0.2, -0.15) is 0 Å². The molecular weight excluding hydrogens is 374 g/mol. The van der Waals surface area contributed by atoms with Crippen LogP contribution in [0.3, 0.4) is 0 Å². The Morgan fingerprint density at radius 3 is 2.75 bits per heavy atom. The maximum absolute atomic E-state index is 12.4. The number of hydrogen-bond donors (Lipinski definition) is 1. The van der Waals surface area contributed by atoms with Gasteiger partial charge in [-0.3, -0.25) is 4.79 Å². The van der Waals surface area contributed by atoms with E-state index in [2.05, 4.69) is 21.2 Å². The molecule has 2 aromatic rings. The number of nitrogens with one attached hydrogen (secondary N) is 1. The lowest BCUT2D eigenvalue weighted by Gasteiger charge is -2.16. The summed E-state index contributed by atoms with van der Waals surface area (Å²) in [5, 5.41) is 3.78. The van der Waals surface area contributed by atoms with Gasteiger partial charge in [0, 0.05) is 21.5 Å². The van der Waals surface area contributed by atoms with Crippen molar-refractivity contribution in [2.45, 2.75) is 51.7 Å². The Labute approximate surface area is 148 Å². The van der Waals surface area contributed by atoms with E-state index in [4.69, 9.17) is 9.15 Å². The summed E-state index contributed by atoms with van der Waals surface area (Å²) in [6.07, 6.45) is 3.39. The Kier molecular flexibility index (Phi) is 4.94. The van der Waals surface area contributed by atoms with Crippen LogP contribution in [0, 0.1) is 6.92 Å². The molecule has 0 radical (unpaired) electrons. The minimum Gasteiger partial charge on any atom is -0.449 e. The van der Waals surface area contributed by atoms with E-state index in [9.17, 15) is 9.59 Å². The number of hydrogen-bond acceptors (Lipinski definition) is 4. The minimum absolute atomic E-state index is 0.142. The van der Waals surface area contributed by atoms with Crippen molar-refractivity contribution < 1.29 is 18.7 Å². The van der Waals surface area contributed by atoms with E-state index in [1.165, 1.54) is 0 Å². The number of furan rings is 1. The van der Waals surface area contributed by atoms with E-state index in [1.807, 2.05) is 12.1 Å². The van der Waals surface area contributed by atoms with Crippen LogP contribution in [0.4, 0.5) is 0 Å². The summed E-state index contributed by atoms with van der Waals surface area (Å²) in [4.78, 5) is 24.5. The number of amides is 1. The number of ether oxygens (including phenoxy) is 1. The second-order valence-corrected chi connectivity index (χ2v) is 7.15. The number of carbonyl (C=O) groups is 2.